The van der Waals surface area contributed by atoms with Crippen LogP contribution in [0, 0.1) is 11.8 Å². The lowest BCUT2D eigenvalue weighted by Gasteiger charge is -2.35. The van der Waals surface area contributed by atoms with E-state index < -0.39 is 0 Å². The van der Waals surface area contributed by atoms with Gasteiger partial charge in [-0.05, 0) is 44.6 Å². The molecule has 0 aromatic heterocycles. The normalized spacial score (nSPS) is 33.2. The Kier molecular flexibility index (Phi) is 4.87. The SMILES string of the molecule is CC1CCCN(C(=O)OC2CCCCC2CN)C1. The molecule has 2 fully saturated rings. The molecule has 0 bridgehead atoms. The number of carbonyl (C=O) groups excluding carboxylic acids is 1. The summed E-state index contributed by atoms with van der Waals surface area (Å²) in [4.78, 5) is 14.0. The van der Waals surface area contributed by atoms with Gasteiger partial charge in [0, 0.05) is 19.0 Å². The molecule has 1 amide bonds. The molecule has 4 nitrogen and oxygen atoms in total. The molecule has 2 rings (SSSR count). The van der Waals surface area contributed by atoms with Gasteiger partial charge in [-0.1, -0.05) is 13.3 Å². The molecule has 18 heavy (non-hydrogen) atoms. The van der Waals surface area contributed by atoms with Crippen molar-refractivity contribution in [1.82, 2.24) is 4.90 Å². The van der Waals surface area contributed by atoms with Crippen molar-refractivity contribution in [2.75, 3.05) is 19.6 Å². The van der Waals surface area contributed by atoms with Crippen LogP contribution >= 0.6 is 0 Å². The van der Waals surface area contributed by atoms with Crippen molar-refractivity contribution in [2.45, 2.75) is 51.6 Å². The Bertz CT molecular complexity index is 283. The van der Waals surface area contributed by atoms with Gasteiger partial charge in [0.25, 0.3) is 0 Å². The molecule has 1 saturated heterocycles. The predicted octanol–water partition coefficient (Wildman–Crippen LogP) is 2.37. The van der Waals surface area contributed by atoms with Crippen LogP contribution in [0.3, 0.4) is 0 Å². The summed E-state index contributed by atoms with van der Waals surface area (Å²) in [7, 11) is 0. The van der Waals surface area contributed by atoms with Gasteiger partial charge >= 0.3 is 6.09 Å². The standard InChI is InChI=1S/C14H26N2O2/c1-11-5-4-8-16(10-11)14(17)18-13-7-3-2-6-12(13)9-15/h11-13H,2-10,15H2,1H3. The number of ether oxygens (including phenoxy) is 1. The van der Waals surface area contributed by atoms with Gasteiger partial charge in [-0.15, -0.1) is 0 Å². The molecule has 0 spiro atoms. The second-order valence-electron chi connectivity index (χ2n) is 5.90. The summed E-state index contributed by atoms with van der Waals surface area (Å²) in [5, 5.41) is 0. The largest absolute Gasteiger partial charge is 0.446 e. The highest BCUT2D eigenvalue weighted by Gasteiger charge is 2.30. The second kappa shape index (κ2) is 6.41. The van der Waals surface area contributed by atoms with Crippen molar-refractivity contribution in [3.63, 3.8) is 0 Å². The van der Waals surface area contributed by atoms with Gasteiger partial charge in [0.15, 0.2) is 0 Å². The topological polar surface area (TPSA) is 55.6 Å². The molecule has 1 aliphatic carbocycles. The van der Waals surface area contributed by atoms with E-state index in [0.29, 0.717) is 18.4 Å². The molecule has 104 valence electrons. The quantitative estimate of drug-likeness (QED) is 0.823. The first-order valence-electron chi connectivity index (χ1n) is 7.36. The zero-order chi connectivity index (χ0) is 13.0. The summed E-state index contributed by atoms with van der Waals surface area (Å²) in [6.07, 6.45) is 6.71. The maximum atomic E-state index is 12.1. The predicted molar refractivity (Wildman–Crippen MR) is 71.3 cm³/mol. The molecule has 3 atom stereocenters. The summed E-state index contributed by atoms with van der Waals surface area (Å²) < 4.78 is 5.69. The molecule has 1 saturated carbocycles. The minimum absolute atomic E-state index is 0.0495. The molecule has 0 aromatic carbocycles. The van der Waals surface area contributed by atoms with E-state index in [2.05, 4.69) is 6.92 Å². The van der Waals surface area contributed by atoms with E-state index in [-0.39, 0.29) is 12.2 Å². The lowest BCUT2D eigenvalue weighted by atomic mass is 9.86. The second-order valence-corrected chi connectivity index (χ2v) is 5.90. The van der Waals surface area contributed by atoms with E-state index in [9.17, 15) is 4.79 Å². The molecule has 2 N–H and O–H groups in total. The number of nitrogens with two attached hydrogens (primary N) is 1. The number of rotatable bonds is 2. The molecule has 3 unspecified atom stereocenters. The number of amides is 1. The molecular weight excluding hydrogens is 228 g/mol. The maximum Gasteiger partial charge on any atom is 0.410 e. The first kappa shape index (κ1) is 13.7. The van der Waals surface area contributed by atoms with Crippen LogP contribution in [0.15, 0.2) is 0 Å². The van der Waals surface area contributed by atoms with Crippen LogP contribution in [0.1, 0.15) is 45.4 Å². The number of likely N-dealkylation sites (tertiary alicyclic amines) is 1. The zero-order valence-corrected chi connectivity index (χ0v) is 11.4. The van der Waals surface area contributed by atoms with Crippen LogP contribution in [0.2, 0.25) is 0 Å². The Morgan fingerprint density at radius 3 is 2.78 bits per heavy atom. The van der Waals surface area contributed by atoms with Crippen molar-refractivity contribution in [1.29, 1.82) is 0 Å². The van der Waals surface area contributed by atoms with E-state index in [0.717, 1.165) is 38.8 Å². The summed E-state index contributed by atoms with van der Waals surface area (Å²) in [6.45, 7) is 4.53. The van der Waals surface area contributed by atoms with Crippen LogP contribution in [0.5, 0.6) is 0 Å². The van der Waals surface area contributed by atoms with E-state index in [4.69, 9.17) is 10.5 Å². The molecule has 2 aliphatic rings. The Morgan fingerprint density at radius 1 is 1.28 bits per heavy atom. The van der Waals surface area contributed by atoms with Gasteiger partial charge in [-0.3, -0.25) is 0 Å². The number of piperidine rings is 1. The Morgan fingerprint density at radius 2 is 2.06 bits per heavy atom. The van der Waals surface area contributed by atoms with Crippen molar-refractivity contribution in [3.8, 4) is 0 Å². The van der Waals surface area contributed by atoms with Gasteiger partial charge in [0.1, 0.15) is 6.10 Å². The highest BCUT2D eigenvalue weighted by Crippen LogP contribution is 2.27. The first-order valence-corrected chi connectivity index (χ1v) is 7.36. The summed E-state index contributed by atoms with van der Waals surface area (Å²) in [6, 6.07) is 0. The first-order chi connectivity index (χ1) is 8.70. The van der Waals surface area contributed by atoms with Crippen molar-refractivity contribution >= 4 is 6.09 Å². The highest BCUT2D eigenvalue weighted by molar-refractivity contribution is 5.68. The lowest BCUT2D eigenvalue weighted by molar-refractivity contribution is 0.0114. The van der Waals surface area contributed by atoms with Gasteiger partial charge in [-0.2, -0.15) is 0 Å². The molecular formula is C14H26N2O2. The van der Waals surface area contributed by atoms with E-state index in [1.807, 2.05) is 4.90 Å². The van der Waals surface area contributed by atoms with Crippen LogP contribution in [-0.4, -0.2) is 36.7 Å². The minimum atomic E-state index is -0.119. The lowest BCUT2D eigenvalue weighted by Crippen LogP contribution is -2.43. The zero-order valence-electron chi connectivity index (χ0n) is 11.4. The fourth-order valence-corrected chi connectivity index (χ4v) is 3.16. The van der Waals surface area contributed by atoms with Crippen LogP contribution < -0.4 is 5.73 Å². The summed E-state index contributed by atoms with van der Waals surface area (Å²) in [5.74, 6) is 0.966. The summed E-state index contributed by atoms with van der Waals surface area (Å²) in [5.41, 5.74) is 5.76. The van der Waals surface area contributed by atoms with Crippen LogP contribution in [0.25, 0.3) is 0 Å². The maximum absolute atomic E-state index is 12.1. The van der Waals surface area contributed by atoms with Gasteiger partial charge in [0.05, 0.1) is 0 Å². The summed E-state index contributed by atoms with van der Waals surface area (Å²) >= 11 is 0. The number of nitrogens with zero attached hydrogens (tertiary/aromatic N) is 1. The molecule has 4 heteroatoms. The monoisotopic (exact) mass is 254 g/mol. The Labute approximate surface area is 110 Å². The van der Waals surface area contributed by atoms with Crippen LogP contribution in [0.4, 0.5) is 4.79 Å². The fourth-order valence-electron chi connectivity index (χ4n) is 3.16. The molecule has 1 heterocycles. The fraction of sp³-hybridized carbons (Fsp3) is 0.929. The number of hydrogen-bond acceptors (Lipinski definition) is 3. The van der Waals surface area contributed by atoms with Crippen molar-refractivity contribution in [3.05, 3.63) is 0 Å². The van der Waals surface area contributed by atoms with E-state index in [1.165, 1.54) is 12.8 Å². The van der Waals surface area contributed by atoms with E-state index in [1.54, 1.807) is 0 Å². The van der Waals surface area contributed by atoms with Gasteiger partial charge in [0.2, 0.25) is 0 Å². The van der Waals surface area contributed by atoms with Crippen LogP contribution in [-0.2, 0) is 4.74 Å². The minimum Gasteiger partial charge on any atom is -0.446 e. The van der Waals surface area contributed by atoms with Gasteiger partial charge < -0.3 is 15.4 Å². The Hall–Kier alpha value is -0.770. The number of carbonyl (C=O) groups is 1. The Balaban J connectivity index is 1.85. The molecule has 1 aliphatic heterocycles. The smallest absolute Gasteiger partial charge is 0.410 e. The van der Waals surface area contributed by atoms with E-state index >= 15 is 0 Å². The van der Waals surface area contributed by atoms with Crippen molar-refractivity contribution in [2.24, 2.45) is 17.6 Å². The molecule has 0 aromatic rings. The number of hydrogen-bond donors (Lipinski definition) is 1. The average molecular weight is 254 g/mol. The van der Waals surface area contributed by atoms with Gasteiger partial charge in [-0.25, -0.2) is 4.79 Å². The third kappa shape index (κ3) is 3.37. The third-order valence-corrected chi connectivity index (χ3v) is 4.31. The van der Waals surface area contributed by atoms with Crippen molar-refractivity contribution < 1.29 is 9.53 Å². The highest BCUT2D eigenvalue weighted by atomic mass is 16.6. The third-order valence-electron chi connectivity index (χ3n) is 4.31. The average Bonchev–Trinajstić information content (AvgIpc) is 2.39. The molecule has 0 radical (unpaired) electrons.